The van der Waals surface area contributed by atoms with Gasteiger partial charge in [-0.25, -0.2) is 0 Å². The maximum absolute atomic E-state index is 3.33. The van der Waals surface area contributed by atoms with E-state index in [-0.39, 0.29) is 29.6 Å². The molecule has 1 atom stereocenters. The number of hydrogen-bond donors (Lipinski definition) is 0. The Morgan fingerprint density at radius 3 is 1.83 bits per heavy atom. The van der Waals surface area contributed by atoms with E-state index in [1.807, 2.05) is 0 Å². The molecule has 1 unspecified atom stereocenters. The van der Waals surface area contributed by atoms with Crippen LogP contribution in [0.2, 0.25) is 0 Å². The van der Waals surface area contributed by atoms with Gasteiger partial charge in [0.15, 0.2) is 0 Å². The summed E-state index contributed by atoms with van der Waals surface area (Å²) >= 11 is 6.59. The predicted molar refractivity (Wildman–Crippen MR) is 37.9 cm³/mol. The molecule has 1 radical (unpaired) electrons. The summed E-state index contributed by atoms with van der Waals surface area (Å²) in [6.45, 7) is 2.09. The van der Waals surface area contributed by atoms with Gasteiger partial charge in [0.25, 0.3) is 0 Å². The molecule has 0 aromatic rings. The van der Waals surface area contributed by atoms with Crippen LogP contribution in [0.1, 0.15) is 6.92 Å². The predicted octanol–water partition coefficient (Wildman–Crippen LogP) is 1.78. The molecular formula is C3H6Br2Na. The third-order valence-electron chi connectivity index (χ3n) is 0.213. The van der Waals surface area contributed by atoms with Crippen LogP contribution in [0.5, 0.6) is 0 Å². The topological polar surface area (TPSA) is 0 Å². The van der Waals surface area contributed by atoms with Crippen LogP contribution in [0.4, 0.5) is 0 Å². The van der Waals surface area contributed by atoms with Gasteiger partial charge in [-0.2, -0.15) is 0 Å². The van der Waals surface area contributed by atoms with Crippen molar-refractivity contribution in [2.75, 3.05) is 5.33 Å². The van der Waals surface area contributed by atoms with Gasteiger partial charge >= 0.3 is 0 Å². The Kier molecular flexibility index (Phi) is 12.6. The van der Waals surface area contributed by atoms with Gasteiger partial charge in [0.05, 0.1) is 0 Å². The maximum atomic E-state index is 3.33. The molecule has 3 heteroatoms. The first-order valence-corrected chi connectivity index (χ1v) is 3.51. The standard InChI is InChI=1S/C3H6Br2.Na/c1-3(5)2-4;/h3H,2H2,1H3;. The smallest absolute Gasteiger partial charge is 0.0214 e. The molecule has 0 aliphatic rings. The van der Waals surface area contributed by atoms with Crippen LogP contribution in [-0.2, 0) is 0 Å². The van der Waals surface area contributed by atoms with Crippen molar-refractivity contribution < 1.29 is 0 Å². The van der Waals surface area contributed by atoms with Gasteiger partial charge in [-0.1, -0.05) is 38.8 Å². The Labute approximate surface area is 77.6 Å². The number of halogens is 2. The van der Waals surface area contributed by atoms with Gasteiger partial charge in [0, 0.05) is 39.7 Å². The zero-order chi connectivity index (χ0) is 4.28. The third-order valence-corrected chi connectivity index (χ3v) is 2.38. The average molecular weight is 225 g/mol. The summed E-state index contributed by atoms with van der Waals surface area (Å²) in [6.07, 6.45) is 0. The molecule has 0 rings (SSSR count). The molecule has 0 saturated heterocycles. The molecule has 0 nitrogen and oxygen atoms in total. The molecule has 0 heterocycles. The van der Waals surface area contributed by atoms with Gasteiger partial charge in [-0.15, -0.1) is 0 Å². The van der Waals surface area contributed by atoms with E-state index in [1.165, 1.54) is 0 Å². The Bertz CT molecular complexity index is 22.8. The fourth-order valence-corrected chi connectivity index (χ4v) is 0. The van der Waals surface area contributed by atoms with E-state index >= 15 is 0 Å². The molecule has 0 aromatic heterocycles. The van der Waals surface area contributed by atoms with Crippen LogP contribution >= 0.6 is 31.9 Å². The zero-order valence-electron chi connectivity index (χ0n) is 4.04. The molecule has 0 aromatic carbocycles. The van der Waals surface area contributed by atoms with Crippen molar-refractivity contribution in [3.05, 3.63) is 0 Å². The Morgan fingerprint density at radius 2 is 1.83 bits per heavy atom. The van der Waals surface area contributed by atoms with E-state index < -0.39 is 0 Å². The largest absolute Gasteiger partial charge is 0.0916 e. The first kappa shape index (κ1) is 10.9. The number of hydrogen-bond acceptors (Lipinski definition) is 0. The minimum atomic E-state index is 0. The van der Waals surface area contributed by atoms with Crippen LogP contribution in [0.25, 0.3) is 0 Å². The summed E-state index contributed by atoms with van der Waals surface area (Å²) in [6, 6.07) is 0. The van der Waals surface area contributed by atoms with Crippen LogP contribution in [-0.4, -0.2) is 39.7 Å². The second kappa shape index (κ2) is 6.96. The molecule has 0 saturated carbocycles. The SMILES string of the molecule is CC(Br)CBr.[Na]. The molecule has 6 heavy (non-hydrogen) atoms. The van der Waals surface area contributed by atoms with Gasteiger partial charge in [0.1, 0.15) is 0 Å². The third kappa shape index (κ3) is 9.35. The van der Waals surface area contributed by atoms with Crippen molar-refractivity contribution in [3.8, 4) is 0 Å². The zero-order valence-corrected chi connectivity index (χ0v) is 9.21. The van der Waals surface area contributed by atoms with E-state index in [9.17, 15) is 0 Å². The number of rotatable bonds is 1. The van der Waals surface area contributed by atoms with Gasteiger partial charge in [-0.3, -0.25) is 0 Å². The maximum Gasteiger partial charge on any atom is 0.0214 e. The normalized spacial score (nSPS) is 12.5. The van der Waals surface area contributed by atoms with Crippen molar-refractivity contribution in [1.82, 2.24) is 0 Å². The monoisotopic (exact) mass is 223 g/mol. The Morgan fingerprint density at radius 1 is 1.67 bits per heavy atom. The molecule has 0 N–H and O–H groups in total. The minimum Gasteiger partial charge on any atom is -0.0916 e. The minimum absolute atomic E-state index is 0. The van der Waals surface area contributed by atoms with Gasteiger partial charge in [0.2, 0.25) is 0 Å². The molecule has 0 bridgehead atoms. The average Bonchev–Trinajstić information content (AvgIpc) is 1.38. The van der Waals surface area contributed by atoms with Gasteiger partial charge in [-0.05, 0) is 0 Å². The van der Waals surface area contributed by atoms with Crippen molar-refractivity contribution in [2.45, 2.75) is 11.8 Å². The van der Waals surface area contributed by atoms with Crippen LogP contribution in [0, 0.1) is 0 Å². The molecule has 0 spiro atoms. The van der Waals surface area contributed by atoms with Gasteiger partial charge < -0.3 is 0 Å². The summed E-state index contributed by atoms with van der Waals surface area (Å²) in [5.41, 5.74) is 0. The molecular weight excluding hydrogens is 219 g/mol. The second-order valence-corrected chi connectivity index (χ2v) is 3.15. The fourth-order valence-electron chi connectivity index (χ4n) is 0. The second-order valence-electron chi connectivity index (χ2n) is 0.935. The summed E-state index contributed by atoms with van der Waals surface area (Å²) in [5.74, 6) is 0. The Balaban J connectivity index is 0. The van der Waals surface area contributed by atoms with E-state index in [0.29, 0.717) is 4.83 Å². The Hall–Kier alpha value is 1.96. The number of alkyl halides is 2. The molecule has 0 fully saturated rings. The molecule has 33 valence electrons. The summed E-state index contributed by atoms with van der Waals surface area (Å²) < 4.78 is 0. The quantitative estimate of drug-likeness (QED) is 0.471. The van der Waals surface area contributed by atoms with E-state index in [0.717, 1.165) is 5.33 Å². The molecule has 0 aliphatic heterocycles. The van der Waals surface area contributed by atoms with Crippen LogP contribution < -0.4 is 0 Å². The summed E-state index contributed by atoms with van der Waals surface area (Å²) in [7, 11) is 0. The van der Waals surface area contributed by atoms with Crippen molar-refractivity contribution in [2.24, 2.45) is 0 Å². The van der Waals surface area contributed by atoms with E-state index in [1.54, 1.807) is 0 Å². The van der Waals surface area contributed by atoms with Crippen molar-refractivity contribution >= 4 is 61.4 Å². The molecule has 0 amide bonds. The van der Waals surface area contributed by atoms with E-state index in [2.05, 4.69) is 38.8 Å². The summed E-state index contributed by atoms with van der Waals surface area (Å²) in [4.78, 5) is 0.613. The van der Waals surface area contributed by atoms with Crippen LogP contribution in [0.15, 0.2) is 0 Å². The van der Waals surface area contributed by atoms with Crippen molar-refractivity contribution in [1.29, 1.82) is 0 Å². The van der Waals surface area contributed by atoms with E-state index in [4.69, 9.17) is 0 Å². The van der Waals surface area contributed by atoms with Crippen molar-refractivity contribution in [3.63, 3.8) is 0 Å². The fraction of sp³-hybridized carbons (Fsp3) is 1.00. The van der Waals surface area contributed by atoms with Crippen LogP contribution in [0.3, 0.4) is 0 Å². The molecule has 0 aliphatic carbocycles. The first-order valence-electron chi connectivity index (χ1n) is 1.47. The first-order chi connectivity index (χ1) is 2.27. The summed E-state index contributed by atoms with van der Waals surface area (Å²) in [5, 5.41) is 1.03.